The third-order valence-electron chi connectivity index (χ3n) is 3.80. The standard InChI is InChI=1S/C12H15N5O4/c1-15-9-8(10(20)16(2)12(15)21)13-11(14-9)17-4-6(5-17)3-7(18)19/h6H,3-5H2,1-2H3,(H,13,14)(H,18,19). The molecule has 9 nitrogen and oxygen atoms in total. The molecule has 2 aromatic rings. The fourth-order valence-corrected chi connectivity index (χ4v) is 2.58. The van der Waals surface area contributed by atoms with Crippen molar-refractivity contribution in [2.75, 3.05) is 18.0 Å². The maximum Gasteiger partial charge on any atom is 0.332 e. The lowest BCUT2D eigenvalue weighted by molar-refractivity contribution is -0.138. The zero-order valence-corrected chi connectivity index (χ0v) is 11.7. The van der Waals surface area contributed by atoms with Gasteiger partial charge in [-0.3, -0.25) is 18.7 Å². The molecule has 0 saturated carbocycles. The minimum atomic E-state index is -0.819. The van der Waals surface area contributed by atoms with Crippen LogP contribution >= 0.6 is 0 Å². The van der Waals surface area contributed by atoms with Crippen LogP contribution in [0.25, 0.3) is 11.2 Å². The molecule has 0 aliphatic carbocycles. The van der Waals surface area contributed by atoms with Crippen LogP contribution in [0.5, 0.6) is 0 Å². The van der Waals surface area contributed by atoms with Crippen LogP contribution in [-0.2, 0) is 18.9 Å². The number of hydrogen-bond acceptors (Lipinski definition) is 5. The molecule has 0 radical (unpaired) electrons. The van der Waals surface area contributed by atoms with Gasteiger partial charge >= 0.3 is 11.7 Å². The number of imidazole rings is 1. The summed E-state index contributed by atoms with van der Waals surface area (Å²) < 4.78 is 2.33. The van der Waals surface area contributed by atoms with Gasteiger partial charge in [0.1, 0.15) is 0 Å². The van der Waals surface area contributed by atoms with Crippen molar-refractivity contribution in [3.05, 3.63) is 20.8 Å². The van der Waals surface area contributed by atoms with Gasteiger partial charge in [0, 0.05) is 33.1 Å². The van der Waals surface area contributed by atoms with Crippen LogP contribution in [0.4, 0.5) is 5.95 Å². The van der Waals surface area contributed by atoms with Gasteiger partial charge in [-0.1, -0.05) is 0 Å². The van der Waals surface area contributed by atoms with Crippen molar-refractivity contribution in [3.8, 4) is 0 Å². The molecule has 3 heterocycles. The van der Waals surface area contributed by atoms with Crippen LogP contribution in [0.2, 0.25) is 0 Å². The van der Waals surface area contributed by atoms with E-state index in [2.05, 4.69) is 9.97 Å². The number of rotatable bonds is 3. The Kier molecular flexibility index (Phi) is 2.85. The lowest BCUT2D eigenvalue weighted by Crippen LogP contribution is -2.48. The van der Waals surface area contributed by atoms with E-state index >= 15 is 0 Å². The summed E-state index contributed by atoms with van der Waals surface area (Å²) in [5.41, 5.74) is -0.275. The first-order chi connectivity index (χ1) is 9.88. The Hall–Kier alpha value is -2.58. The number of fused-ring (bicyclic) bond motifs is 1. The molecule has 0 spiro atoms. The van der Waals surface area contributed by atoms with Crippen LogP contribution in [-0.4, -0.2) is 43.3 Å². The number of carboxylic acids is 1. The summed E-state index contributed by atoms with van der Waals surface area (Å²) in [7, 11) is 2.97. The van der Waals surface area contributed by atoms with Crippen LogP contribution in [0.3, 0.4) is 0 Å². The number of aryl methyl sites for hydroxylation is 1. The number of hydrogen-bond donors (Lipinski definition) is 2. The number of aliphatic carboxylic acids is 1. The summed E-state index contributed by atoms with van der Waals surface area (Å²) in [6, 6.07) is 0. The van der Waals surface area contributed by atoms with Crippen molar-refractivity contribution < 1.29 is 9.90 Å². The summed E-state index contributed by atoms with van der Waals surface area (Å²) in [4.78, 5) is 43.6. The largest absolute Gasteiger partial charge is 0.481 e. The average Bonchev–Trinajstić information content (AvgIpc) is 2.82. The van der Waals surface area contributed by atoms with Gasteiger partial charge in [-0.05, 0) is 0 Å². The zero-order chi connectivity index (χ0) is 15.3. The highest BCUT2D eigenvalue weighted by Crippen LogP contribution is 2.25. The van der Waals surface area contributed by atoms with Gasteiger partial charge in [-0.15, -0.1) is 0 Å². The smallest absolute Gasteiger partial charge is 0.332 e. The molecule has 21 heavy (non-hydrogen) atoms. The Balaban J connectivity index is 1.95. The number of aromatic nitrogens is 4. The van der Waals surface area contributed by atoms with Gasteiger partial charge in [-0.2, -0.15) is 4.98 Å². The molecule has 0 bridgehead atoms. The number of anilines is 1. The van der Waals surface area contributed by atoms with E-state index in [-0.39, 0.29) is 17.9 Å². The van der Waals surface area contributed by atoms with Crippen molar-refractivity contribution >= 4 is 23.1 Å². The van der Waals surface area contributed by atoms with Crippen LogP contribution in [0, 0.1) is 5.92 Å². The number of carbonyl (C=O) groups is 1. The molecule has 2 aromatic heterocycles. The molecule has 1 aliphatic heterocycles. The quantitative estimate of drug-likeness (QED) is 0.740. The molecule has 0 amide bonds. The first kappa shape index (κ1) is 13.4. The van der Waals surface area contributed by atoms with E-state index in [0.717, 1.165) is 4.57 Å². The Morgan fingerprint density at radius 1 is 1.33 bits per heavy atom. The van der Waals surface area contributed by atoms with Gasteiger partial charge in [0.05, 0.1) is 6.42 Å². The number of nitrogens with one attached hydrogen (secondary N) is 1. The molecule has 0 aromatic carbocycles. The van der Waals surface area contributed by atoms with Crippen molar-refractivity contribution in [1.82, 2.24) is 19.1 Å². The molecular weight excluding hydrogens is 278 g/mol. The van der Waals surface area contributed by atoms with Gasteiger partial charge in [-0.25, -0.2) is 4.79 Å². The topological polar surface area (TPSA) is 113 Å². The lowest BCUT2D eigenvalue weighted by atomic mass is 9.97. The summed E-state index contributed by atoms with van der Waals surface area (Å²) in [5, 5.41) is 8.73. The van der Waals surface area contributed by atoms with Gasteiger partial charge in [0.15, 0.2) is 11.2 Å². The first-order valence-electron chi connectivity index (χ1n) is 6.51. The Morgan fingerprint density at radius 2 is 2.00 bits per heavy atom. The maximum atomic E-state index is 12.0. The van der Waals surface area contributed by atoms with Gasteiger partial charge in [0.2, 0.25) is 5.95 Å². The summed E-state index contributed by atoms with van der Waals surface area (Å²) in [5.74, 6) is -0.243. The number of carboxylic acid groups (broad SMARTS) is 1. The third kappa shape index (κ3) is 2.01. The predicted octanol–water partition coefficient (Wildman–Crippen LogP) is -1.13. The molecule has 112 valence electrons. The van der Waals surface area contributed by atoms with Crippen molar-refractivity contribution in [1.29, 1.82) is 0 Å². The minimum Gasteiger partial charge on any atom is -0.481 e. The molecule has 0 atom stereocenters. The maximum absolute atomic E-state index is 12.0. The second-order valence-electron chi connectivity index (χ2n) is 5.33. The SMILES string of the molecule is Cn1c(=O)c2[nH]c(N3CC(CC(=O)O)C3)nc2n(C)c1=O. The Bertz CT molecular complexity index is 840. The van der Waals surface area contributed by atoms with Crippen molar-refractivity contribution in [3.63, 3.8) is 0 Å². The summed E-state index contributed by atoms with van der Waals surface area (Å²) in [6.07, 6.45) is 0.122. The molecule has 3 rings (SSSR count). The van der Waals surface area contributed by atoms with E-state index in [1.807, 2.05) is 4.90 Å². The van der Waals surface area contributed by atoms with E-state index in [4.69, 9.17) is 5.11 Å². The van der Waals surface area contributed by atoms with Crippen LogP contribution < -0.4 is 16.1 Å². The van der Waals surface area contributed by atoms with Crippen molar-refractivity contribution in [2.24, 2.45) is 20.0 Å². The van der Waals surface area contributed by atoms with E-state index in [0.29, 0.717) is 24.7 Å². The van der Waals surface area contributed by atoms with Crippen molar-refractivity contribution in [2.45, 2.75) is 6.42 Å². The second kappa shape index (κ2) is 4.47. The average molecular weight is 293 g/mol. The van der Waals surface area contributed by atoms with Crippen LogP contribution in [0.15, 0.2) is 9.59 Å². The van der Waals surface area contributed by atoms with Gasteiger partial charge in [0.25, 0.3) is 5.56 Å². The lowest BCUT2D eigenvalue weighted by Gasteiger charge is -2.38. The molecule has 2 N–H and O–H groups in total. The summed E-state index contributed by atoms with van der Waals surface area (Å²) >= 11 is 0. The molecule has 9 heteroatoms. The highest BCUT2D eigenvalue weighted by atomic mass is 16.4. The molecular formula is C12H15N5O4. The third-order valence-corrected chi connectivity index (χ3v) is 3.80. The molecule has 1 fully saturated rings. The fourth-order valence-electron chi connectivity index (χ4n) is 2.58. The number of H-pyrrole nitrogens is 1. The molecule has 0 unspecified atom stereocenters. The Morgan fingerprint density at radius 3 is 2.62 bits per heavy atom. The number of aromatic amines is 1. The summed E-state index contributed by atoms with van der Waals surface area (Å²) in [6.45, 7) is 1.14. The molecule has 1 saturated heterocycles. The second-order valence-corrected chi connectivity index (χ2v) is 5.33. The highest BCUT2D eigenvalue weighted by Gasteiger charge is 2.31. The highest BCUT2D eigenvalue weighted by molar-refractivity contribution is 5.73. The van der Waals surface area contributed by atoms with Crippen LogP contribution in [0.1, 0.15) is 6.42 Å². The minimum absolute atomic E-state index is 0.0855. The van der Waals surface area contributed by atoms with Gasteiger partial charge < -0.3 is 15.0 Å². The number of nitrogens with zero attached hydrogens (tertiary/aromatic N) is 4. The Labute approximate surface area is 118 Å². The molecule has 1 aliphatic rings. The van der Waals surface area contributed by atoms with E-state index in [9.17, 15) is 14.4 Å². The van der Waals surface area contributed by atoms with E-state index < -0.39 is 17.2 Å². The predicted molar refractivity (Wildman–Crippen MR) is 74.5 cm³/mol. The zero-order valence-electron chi connectivity index (χ0n) is 11.7. The fraction of sp³-hybridized carbons (Fsp3) is 0.500. The first-order valence-corrected chi connectivity index (χ1v) is 6.51. The van der Waals surface area contributed by atoms with E-state index in [1.165, 1.54) is 11.6 Å². The monoisotopic (exact) mass is 293 g/mol. The normalized spacial score (nSPS) is 15.4. The van der Waals surface area contributed by atoms with E-state index in [1.54, 1.807) is 7.05 Å².